The largest absolute Gasteiger partial charge is 0.371 e. The van der Waals surface area contributed by atoms with Crippen molar-refractivity contribution in [1.82, 2.24) is 5.32 Å². The second kappa shape index (κ2) is 3.84. The van der Waals surface area contributed by atoms with Crippen LogP contribution in [0.25, 0.3) is 0 Å². The van der Waals surface area contributed by atoms with Crippen LogP contribution >= 0.6 is 0 Å². The van der Waals surface area contributed by atoms with Gasteiger partial charge in [0.1, 0.15) is 0 Å². The maximum atomic E-state index is 3.76. The summed E-state index contributed by atoms with van der Waals surface area (Å²) in [4.78, 5) is 2.23. The number of likely N-dealkylation sites (N-methyl/N-ethyl adjacent to an activating group) is 1. The molecule has 1 N–H and O–H groups in total. The van der Waals surface area contributed by atoms with Gasteiger partial charge in [0.05, 0.1) is 0 Å². The van der Waals surface area contributed by atoms with Crippen LogP contribution in [0, 0.1) is 0 Å². The normalized spacial score (nSPS) is 13.8. The van der Waals surface area contributed by atoms with Gasteiger partial charge in [0.2, 0.25) is 0 Å². The fraction of sp³-hybridized carbons (Fsp3) is 0.333. The lowest BCUT2D eigenvalue weighted by molar-refractivity contribution is 0.763. The molecule has 0 aromatic heterocycles. The van der Waals surface area contributed by atoms with E-state index in [2.05, 4.69) is 42.0 Å². The monoisotopic (exact) mass is 188 g/mol. The highest BCUT2D eigenvalue weighted by Gasteiger charge is 2.15. The molecule has 1 aromatic rings. The lowest BCUT2D eigenvalue weighted by Gasteiger charge is -2.20. The molecule has 0 bridgehead atoms. The molecule has 0 unspecified atom stereocenters. The molecular formula is C12H16N2. The van der Waals surface area contributed by atoms with Crippen molar-refractivity contribution >= 4 is 5.69 Å². The smallest absolute Gasteiger partial charge is 0.0415 e. The van der Waals surface area contributed by atoms with E-state index >= 15 is 0 Å². The lowest BCUT2D eigenvalue weighted by Crippen LogP contribution is -2.18. The minimum Gasteiger partial charge on any atom is -0.371 e. The van der Waals surface area contributed by atoms with Gasteiger partial charge in [-0.25, -0.2) is 0 Å². The Balaban J connectivity index is 2.34. The minimum atomic E-state index is 0.899. The summed E-state index contributed by atoms with van der Waals surface area (Å²) in [6, 6.07) is 6.50. The quantitative estimate of drug-likeness (QED) is 0.729. The summed E-state index contributed by atoms with van der Waals surface area (Å²) in [6.45, 7) is 6.66. The molecule has 14 heavy (non-hydrogen) atoms. The molecule has 74 valence electrons. The van der Waals surface area contributed by atoms with Gasteiger partial charge in [0, 0.05) is 32.4 Å². The Morgan fingerprint density at radius 2 is 2.36 bits per heavy atom. The number of anilines is 1. The summed E-state index contributed by atoms with van der Waals surface area (Å²) in [5.41, 5.74) is 4.20. The first-order valence-electron chi connectivity index (χ1n) is 4.96. The first kappa shape index (κ1) is 9.28. The Labute approximate surface area is 85.2 Å². The molecule has 0 atom stereocenters. The third-order valence-corrected chi connectivity index (χ3v) is 2.68. The van der Waals surface area contributed by atoms with Crippen molar-refractivity contribution in [1.29, 1.82) is 0 Å². The van der Waals surface area contributed by atoms with Crippen molar-refractivity contribution in [2.45, 2.75) is 13.1 Å². The van der Waals surface area contributed by atoms with Gasteiger partial charge in [-0.3, -0.25) is 0 Å². The maximum Gasteiger partial charge on any atom is 0.0415 e. The average molecular weight is 188 g/mol. The van der Waals surface area contributed by atoms with Crippen LogP contribution in [-0.2, 0) is 13.1 Å². The second-order valence-electron chi connectivity index (χ2n) is 3.69. The number of benzene rings is 1. The number of hydrogen-bond donors (Lipinski definition) is 1. The van der Waals surface area contributed by atoms with Gasteiger partial charge in [0.25, 0.3) is 0 Å². The molecule has 2 rings (SSSR count). The molecular weight excluding hydrogens is 172 g/mol. The molecule has 0 aliphatic carbocycles. The van der Waals surface area contributed by atoms with Crippen molar-refractivity contribution < 1.29 is 0 Å². The molecule has 2 nitrogen and oxygen atoms in total. The van der Waals surface area contributed by atoms with E-state index in [9.17, 15) is 0 Å². The molecule has 1 aliphatic heterocycles. The van der Waals surface area contributed by atoms with E-state index < -0.39 is 0 Å². The molecule has 1 aromatic carbocycles. The number of hydrogen-bond acceptors (Lipinski definition) is 2. The van der Waals surface area contributed by atoms with Gasteiger partial charge in [0.15, 0.2) is 0 Å². The molecule has 1 heterocycles. The van der Waals surface area contributed by atoms with Gasteiger partial charge in [-0.05, 0) is 17.2 Å². The first-order chi connectivity index (χ1) is 6.83. The lowest BCUT2D eigenvalue weighted by atomic mass is 10.1. The van der Waals surface area contributed by atoms with Crippen LogP contribution < -0.4 is 10.2 Å². The van der Waals surface area contributed by atoms with E-state index in [1.54, 1.807) is 0 Å². The third-order valence-electron chi connectivity index (χ3n) is 2.68. The first-order valence-corrected chi connectivity index (χ1v) is 4.96. The average Bonchev–Trinajstić information content (AvgIpc) is 2.65. The Kier molecular flexibility index (Phi) is 2.55. The van der Waals surface area contributed by atoms with Crippen molar-refractivity contribution in [2.75, 3.05) is 18.5 Å². The van der Waals surface area contributed by atoms with Crippen LogP contribution in [0.4, 0.5) is 5.69 Å². The van der Waals surface area contributed by atoms with E-state index in [4.69, 9.17) is 0 Å². The minimum absolute atomic E-state index is 0.899. The van der Waals surface area contributed by atoms with Gasteiger partial charge in [-0.2, -0.15) is 0 Å². The Morgan fingerprint density at radius 1 is 1.50 bits per heavy atom. The van der Waals surface area contributed by atoms with E-state index in [1.807, 2.05) is 6.08 Å². The van der Waals surface area contributed by atoms with Gasteiger partial charge in [-0.1, -0.05) is 18.2 Å². The number of fused-ring (bicyclic) bond motifs is 1. The SMILES string of the molecule is C=CCN(C)c1cccc2c1CNC2. The van der Waals surface area contributed by atoms with Crippen LogP contribution in [0.5, 0.6) is 0 Å². The maximum absolute atomic E-state index is 3.76. The number of nitrogens with zero attached hydrogens (tertiary/aromatic N) is 1. The number of rotatable bonds is 3. The predicted molar refractivity (Wildman–Crippen MR) is 60.5 cm³/mol. The topological polar surface area (TPSA) is 15.3 Å². The highest BCUT2D eigenvalue weighted by atomic mass is 15.1. The van der Waals surface area contributed by atoms with Crippen LogP contribution in [0.2, 0.25) is 0 Å². The van der Waals surface area contributed by atoms with Crippen LogP contribution in [0.3, 0.4) is 0 Å². The number of nitrogens with one attached hydrogen (secondary N) is 1. The van der Waals surface area contributed by atoms with E-state index in [-0.39, 0.29) is 0 Å². The molecule has 0 amide bonds. The molecule has 0 radical (unpaired) electrons. The summed E-state index contributed by atoms with van der Waals surface area (Å²) in [5.74, 6) is 0. The highest BCUT2D eigenvalue weighted by Crippen LogP contribution is 2.26. The fourth-order valence-electron chi connectivity index (χ4n) is 1.96. The Bertz CT molecular complexity index is 344. The van der Waals surface area contributed by atoms with Crippen molar-refractivity contribution in [3.63, 3.8) is 0 Å². The van der Waals surface area contributed by atoms with Gasteiger partial charge < -0.3 is 10.2 Å². The highest BCUT2D eigenvalue weighted by molar-refractivity contribution is 5.57. The van der Waals surface area contributed by atoms with Crippen LogP contribution in [-0.4, -0.2) is 13.6 Å². The van der Waals surface area contributed by atoms with E-state index in [0.717, 1.165) is 19.6 Å². The third kappa shape index (κ3) is 1.53. The Hall–Kier alpha value is -1.28. The van der Waals surface area contributed by atoms with E-state index in [1.165, 1.54) is 16.8 Å². The van der Waals surface area contributed by atoms with Crippen molar-refractivity contribution in [3.8, 4) is 0 Å². The molecule has 0 saturated carbocycles. The summed E-state index contributed by atoms with van der Waals surface area (Å²) in [5, 5.41) is 3.37. The van der Waals surface area contributed by atoms with Crippen LogP contribution in [0.15, 0.2) is 30.9 Å². The van der Waals surface area contributed by atoms with E-state index in [0.29, 0.717) is 0 Å². The van der Waals surface area contributed by atoms with Gasteiger partial charge in [-0.15, -0.1) is 6.58 Å². The van der Waals surface area contributed by atoms with Crippen molar-refractivity contribution in [3.05, 3.63) is 42.0 Å². The second-order valence-corrected chi connectivity index (χ2v) is 3.69. The molecule has 1 aliphatic rings. The summed E-state index contributed by atoms with van der Waals surface area (Å²) in [6.07, 6.45) is 1.93. The Morgan fingerprint density at radius 3 is 3.14 bits per heavy atom. The fourth-order valence-corrected chi connectivity index (χ4v) is 1.96. The molecule has 2 heteroatoms. The summed E-state index contributed by atoms with van der Waals surface area (Å²) in [7, 11) is 2.11. The van der Waals surface area contributed by atoms with Crippen LogP contribution in [0.1, 0.15) is 11.1 Å². The molecule has 0 fully saturated rings. The summed E-state index contributed by atoms with van der Waals surface area (Å²) >= 11 is 0. The zero-order valence-corrected chi connectivity index (χ0v) is 8.59. The molecule has 0 saturated heterocycles. The van der Waals surface area contributed by atoms with Crippen molar-refractivity contribution in [2.24, 2.45) is 0 Å². The standard InChI is InChI=1S/C12H16N2/c1-3-7-14(2)12-6-4-5-10-8-13-9-11(10)12/h3-6,13H,1,7-9H2,2H3. The zero-order chi connectivity index (χ0) is 9.97. The zero-order valence-electron chi connectivity index (χ0n) is 8.59. The van der Waals surface area contributed by atoms with Gasteiger partial charge >= 0.3 is 0 Å². The summed E-state index contributed by atoms with van der Waals surface area (Å²) < 4.78 is 0. The molecule has 0 spiro atoms. The predicted octanol–water partition coefficient (Wildman–Crippen LogP) is 1.91.